The molecular weight excluding hydrogens is 366 g/mol. The third kappa shape index (κ3) is 4.42. The van der Waals surface area contributed by atoms with Crippen LogP contribution in [-0.2, 0) is 16.0 Å². The average Bonchev–Trinajstić information content (AvgIpc) is 3.02. The summed E-state index contributed by atoms with van der Waals surface area (Å²) in [4.78, 5) is 31.5. The van der Waals surface area contributed by atoms with Crippen LogP contribution in [-0.4, -0.2) is 65.7 Å². The van der Waals surface area contributed by atoms with Crippen molar-refractivity contribution in [2.24, 2.45) is 0 Å². The molecule has 0 N–H and O–H groups in total. The first-order chi connectivity index (χ1) is 13.8. The second-order valence-corrected chi connectivity index (χ2v) is 9.56. The van der Waals surface area contributed by atoms with Gasteiger partial charge in [0.1, 0.15) is 5.60 Å². The zero-order valence-electron chi connectivity index (χ0n) is 17.9. The van der Waals surface area contributed by atoms with Crippen LogP contribution in [0.2, 0.25) is 0 Å². The van der Waals surface area contributed by atoms with Gasteiger partial charge in [-0.25, -0.2) is 4.79 Å². The second kappa shape index (κ2) is 7.98. The van der Waals surface area contributed by atoms with Gasteiger partial charge in [0.15, 0.2) is 0 Å². The molecule has 1 atom stereocenters. The molecule has 2 amide bonds. The molecular formula is C23H33N3O3. The molecule has 0 saturated carbocycles. The van der Waals surface area contributed by atoms with Gasteiger partial charge in [0, 0.05) is 44.0 Å². The van der Waals surface area contributed by atoms with Crippen LogP contribution in [0.1, 0.15) is 52.0 Å². The number of anilines is 1. The Morgan fingerprint density at radius 1 is 1.03 bits per heavy atom. The Morgan fingerprint density at radius 3 is 2.48 bits per heavy atom. The molecule has 0 aromatic heterocycles. The second-order valence-electron chi connectivity index (χ2n) is 9.56. The molecule has 3 aliphatic heterocycles. The van der Waals surface area contributed by atoms with E-state index in [0.717, 1.165) is 63.1 Å². The van der Waals surface area contributed by atoms with Gasteiger partial charge in [-0.1, -0.05) is 18.2 Å². The number of hydrogen-bond acceptors (Lipinski definition) is 4. The van der Waals surface area contributed by atoms with Crippen LogP contribution in [0.25, 0.3) is 0 Å². The van der Waals surface area contributed by atoms with Crippen molar-refractivity contribution in [1.29, 1.82) is 0 Å². The van der Waals surface area contributed by atoms with Gasteiger partial charge in [-0.3, -0.25) is 9.69 Å². The van der Waals surface area contributed by atoms with Crippen molar-refractivity contribution in [3.63, 3.8) is 0 Å². The van der Waals surface area contributed by atoms with Crippen molar-refractivity contribution in [3.05, 3.63) is 29.8 Å². The molecule has 6 nitrogen and oxygen atoms in total. The Hall–Kier alpha value is -2.08. The van der Waals surface area contributed by atoms with Crippen LogP contribution in [0.15, 0.2) is 24.3 Å². The Balaban J connectivity index is 1.34. The van der Waals surface area contributed by atoms with Crippen molar-refractivity contribution in [2.45, 2.75) is 70.6 Å². The summed E-state index contributed by atoms with van der Waals surface area (Å²) < 4.78 is 5.57. The predicted molar refractivity (Wildman–Crippen MR) is 113 cm³/mol. The van der Waals surface area contributed by atoms with E-state index in [1.807, 2.05) is 42.7 Å². The lowest BCUT2D eigenvalue weighted by molar-refractivity contribution is -0.118. The van der Waals surface area contributed by atoms with Crippen molar-refractivity contribution in [2.75, 3.05) is 31.1 Å². The lowest BCUT2D eigenvalue weighted by Crippen LogP contribution is -2.54. The fourth-order valence-corrected chi connectivity index (χ4v) is 4.93. The van der Waals surface area contributed by atoms with Crippen LogP contribution < -0.4 is 4.90 Å². The first-order valence-corrected chi connectivity index (χ1v) is 10.9. The van der Waals surface area contributed by atoms with E-state index in [9.17, 15) is 9.59 Å². The molecule has 1 aromatic rings. The minimum absolute atomic E-state index is 0.198. The van der Waals surface area contributed by atoms with E-state index in [0.29, 0.717) is 12.5 Å². The SMILES string of the molecule is CC(C)(C)OC(=O)N1CCC[C@H](N2CCC(N3C(=O)Cc4ccccc43)CC2)C1. The highest BCUT2D eigenvalue weighted by molar-refractivity contribution is 6.01. The molecule has 0 radical (unpaired) electrons. The first kappa shape index (κ1) is 20.2. The number of benzene rings is 1. The van der Waals surface area contributed by atoms with Crippen LogP contribution in [0.4, 0.5) is 10.5 Å². The normalized spacial score (nSPS) is 24.0. The minimum Gasteiger partial charge on any atom is -0.444 e. The summed E-state index contributed by atoms with van der Waals surface area (Å²) >= 11 is 0. The van der Waals surface area contributed by atoms with Crippen LogP contribution >= 0.6 is 0 Å². The zero-order chi connectivity index (χ0) is 20.6. The summed E-state index contributed by atoms with van der Waals surface area (Å²) in [7, 11) is 0. The van der Waals surface area contributed by atoms with Crippen molar-refractivity contribution >= 4 is 17.7 Å². The fraction of sp³-hybridized carbons (Fsp3) is 0.652. The van der Waals surface area contributed by atoms with E-state index < -0.39 is 5.60 Å². The molecule has 158 valence electrons. The number of piperidine rings is 2. The Kier molecular flexibility index (Phi) is 5.56. The van der Waals surface area contributed by atoms with Gasteiger partial charge in [-0.2, -0.15) is 0 Å². The lowest BCUT2D eigenvalue weighted by Gasteiger charge is -2.44. The fourth-order valence-electron chi connectivity index (χ4n) is 4.93. The predicted octanol–water partition coefficient (Wildman–Crippen LogP) is 3.44. The minimum atomic E-state index is -0.457. The maximum absolute atomic E-state index is 12.6. The molecule has 1 aromatic carbocycles. The summed E-state index contributed by atoms with van der Waals surface area (Å²) in [6.07, 6.45) is 4.45. The van der Waals surface area contributed by atoms with Crippen LogP contribution in [0, 0.1) is 0 Å². The zero-order valence-corrected chi connectivity index (χ0v) is 17.9. The quantitative estimate of drug-likeness (QED) is 0.764. The molecule has 3 heterocycles. The highest BCUT2D eigenvalue weighted by Crippen LogP contribution is 2.34. The number of para-hydroxylation sites is 1. The third-order valence-electron chi connectivity index (χ3n) is 6.29. The number of ether oxygens (including phenoxy) is 1. The van der Waals surface area contributed by atoms with Crippen LogP contribution in [0.3, 0.4) is 0 Å². The number of hydrogen-bond donors (Lipinski definition) is 0. The first-order valence-electron chi connectivity index (χ1n) is 10.9. The Labute approximate surface area is 173 Å². The number of fused-ring (bicyclic) bond motifs is 1. The van der Waals surface area contributed by atoms with Gasteiger partial charge in [0.2, 0.25) is 5.91 Å². The molecule has 29 heavy (non-hydrogen) atoms. The van der Waals surface area contributed by atoms with E-state index in [1.165, 1.54) is 0 Å². The maximum Gasteiger partial charge on any atom is 0.410 e. The van der Waals surface area contributed by atoms with Gasteiger partial charge < -0.3 is 14.5 Å². The summed E-state index contributed by atoms with van der Waals surface area (Å²) in [5, 5.41) is 0. The molecule has 2 saturated heterocycles. The summed E-state index contributed by atoms with van der Waals surface area (Å²) in [6.45, 7) is 9.21. The number of carbonyl (C=O) groups is 2. The molecule has 0 unspecified atom stereocenters. The topological polar surface area (TPSA) is 53.1 Å². The van der Waals surface area contributed by atoms with Gasteiger partial charge in [0.25, 0.3) is 0 Å². The lowest BCUT2D eigenvalue weighted by atomic mass is 9.97. The molecule has 2 fully saturated rings. The number of amides is 2. The Morgan fingerprint density at radius 2 is 1.76 bits per heavy atom. The molecule has 4 rings (SSSR count). The van der Waals surface area contributed by atoms with Crippen molar-refractivity contribution in [3.8, 4) is 0 Å². The third-order valence-corrected chi connectivity index (χ3v) is 6.29. The van der Waals surface area contributed by atoms with E-state index in [4.69, 9.17) is 4.74 Å². The number of carbonyl (C=O) groups excluding carboxylic acids is 2. The number of likely N-dealkylation sites (tertiary alicyclic amines) is 2. The average molecular weight is 400 g/mol. The van der Waals surface area contributed by atoms with Gasteiger partial charge in [0.05, 0.1) is 6.42 Å². The van der Waals surface area contributed by atoms with Gasteiger partial charge in [-0.05, 0) is 58.1 Å². The number of nitrogens with zero attached hydrogens (tertiary/aromatic N) is 3. The summed E-state index contributed by atoms with van der Waals surface area (Å²) in [5.74, 6) is 0.235. The maximum atomic E-state index is 12.6. The number of rotatable bonds is 2. The highest BCUT2D eigenvalue weighted by atomic mass is 16.6. The van der Waals surface area contributed by atoms with Gasteiger partial charge in [-0.15, -0.1) is 0 Å². The van der Waals surface area contributed by atoms with Crippen molar-refractivity contribution in [1.82, 2.24) is 9.80 Å². The highest BCUT2D eigenvalue weighted by Gasteiger charge is 2.37. The molecule has 3 aliphatic rings. The molecule has 0 bridgehead atoms. The van der Waals surface area contributed by atoms with E-state index in [-0.39, 0.29) is 18.0 Å². The Bertz CT molecular complexity index is 765. The monoisotopic (exact) mass is 399 g/mol. The van der Waals surface area contributed by atoms with E-state index in [1.54, 1.807) is 0 Å². The standard InChI is InChI=1S/C23H33N3O3/c1-23(2,3)29-22(28)25-12-6-8-19(16-25)24-13-10-18(11-14-24)26-20-9-5-4-7-17(20)15-21(26)27/h4-5,7,9,18-19H,6,8,10-16H2,1-3H3/t19-/m0/s1. The summed E-state index contributed by atoms with van der Waals surface area (Å²) in [6, 6.07) is 8.85. The molecule has 6 heteroatoms. The van der Waals surface area contributed by atoms with E-state index >= 15 is 0 Å². The van der Waals surface area contributed by atoms with Crippen molar-refractivity contribution < 1.29 is 14.3 Å². The van der Waals surface area contributed by atoms with Crippen LogP contribution in [0.5, 0.6) is 0 Å². The van der Waals surface area contributed by atoms with E-state index in [2.05, 4.69) is 17.0 Å². The van der Waals surface area contributed by atoms with Gasteiger partial charge >= 0.3 is 6.09 Å². The smallest absolute Gasteiger partial charge is 0.410 e. The summed E-state index contributed by atoms with van der Waals surface area (Å²) in [5.41, 5.74) is 1.80. The molecule has 0 spiro atoms. The largest absolute Gasteiger partial charge is 0.444 e. The molecule has 0 aliphatic carbocycles.